The van der Waals surface area contributed by atoms with E-state index in [0.717, 1.165) is 42.9 Å². The van der Waals surface area contributed by atoms with Crippen LogP contribution in [0.2, 0.25) is 5.02 Å². The Morgan fingerprint density at radius 2 is 2.38 bits per heavy atom. The largest absolute Gasteiger partial charge is 0.374 e. The molecule has 3 nitrogen and oxygen atoms in total. The van der Waals surface area contributed by atoms with Crippen molar-refractivity contribution in [3.8, 4) is 0 Å². The van der Waals surface area contributed by atoms with Gasteiger partial charge in [0.15, 0.2) is 0 Å². The van der Waals surface area contributed by atoms with Gasteiger partial charge in [0.25, 0.3) is 0 Å². The van der Waals surface area contributed by atoms with Gasteiger partial charge >= 0.3 is 0 Å². The van der Waals surface area contributed by atoms with Gasteiger partial charge in [-0.3, -0.25) is 11.3 Å². The number of hydrazine groups is 1. The number of halogens is 2. The third-order valence-corrected chi connectivity index (χ3v) is 6.06. The van der Waals surface area contributed by atoms with Crippen molar-refractivity contribution in [1.82, 2.24) is 5.43 Å². The molecule has 0 radical (unpaired) electrons. The van der Waals surface area contributed by atoms with E-state index >= 15 is 0 Å². The van der Waals surface area contributed by atoms with Crippen LogP contribution in [0.25, 0.3) is 0 Å². The number of ether oxygens (including phenoxy) is 1. The summed E-state index contributed by atoms with van der Waals surface area (Å²) < 4.78 is 19.4. The first kappa shape index (κ1) is 15.6. The monoisotopic (exact) mass is 330 g/mol. The van der Waals surface area contributed by atoms with Gasteiger partial charge in [0.05, 0.1) is 10.6 Å². The molecule has 0 aromatic heterocycles. The molecule has 0 saturated carbocycles. The van der Waals surface area contributed by atoms with Crippen LogP contribution in [0.5, 0.6) is 0 Å². The Hall–Kier alpha value is -0.330. The highest BCUT2D eigenvalue weighted by Crippen LogP contribution is 2.44. The number of nitrogens with one attached hydrogen (secondary N) is 1. The van der Waals surface area contributed by atoms with Crippen LogP contribution in [0.15, 0.2) is 18.2 Å². The first-order valence-corrected chi connectivity index (χ1v) is 8.80. The summed E-state index contributed by atoms with van der Waals surface area (Å²) in [5.41, 5.74) is 3.85. The van der Waals surface area contributed by atoms with Crippen LogP contribution in [0.1, 0.15) is 30.9 Å². The summed E-state index contributed by atoms with van der Waals surface area (Å²) in [7, 11) is 0. The molecule has 2 fully saturated rings. The molecule has 3 atom stereocenters. The summed E-state index contributed by atoms with van der Waals surface area (Å²) in [4.78, 5) is 0. The third kappa shape index (κ3) is 3.22. The molecular formula is C15H20ClFN2OS. The van der Waals surface area contributed by atoms with E-state index in [1.54, 1.807) is 12.1 Å². The van der Waals surface area contributed by atoms with Crippen molar-refractivity contribution in [1.29, 1.82) is 0 Å². The fourth-order valence-electron chi connectivity index (χ4n) is 3.42. The molecule has 0 amide bonds. The van der Waals surface area contributed by atoms with Gasteiger partial charge in [0.2, 0.25) is 0 Å². The van der Waals surface area contributed by atoms with Crippen LogP contribution in [0, 0.1) is 11.7 Å². The fraction of sp³-hybridized carbons (Fsp3) is 0.600. The highest BCUT2D eigenvalue weighted by Gasteiger charge is 2.42. The highest BCUT2D eigenvalue weighted by molar-refractivity contribution is 7.99. The molecule has 1 spiro atoms. The summed E-state index contributed by atoms with van der Waals surface area (Å²) in [5, 5.41) is 0.144. The molecule has 1 aromatic carbocycles. The topological polar surface area (TPSA) is 47.3 Å². The number of hydrogen-bond donors (Lipinski definition) is 2. The van der Waals surface area contributed by atoms with Gasteiger partial charge in [-0.25, -0.2) is 4.39 Å². The lowest BCUT2D eigenvalue weighted by Crippen LogP contribution is -2.45. The van der Waals surface area contributed by atoms with Crippen molar-refractivity contribution in [3.05, 3.63) is 34.6 Å². The molecule has 3 unspecified atom stereocenters. The Labute approximate surface area is 133 Å². The van der Waals surface area contributed by atoms with Crippen molar-refractivity contribution in [2.45, 2.75) is 30.9 Å². The molecule has 3 rings (SSSR count). The maximum Gasteiger partial charge on any atom is 0.141 e. The Bertz CT molecular complexity index is 510. The van der Waals surface area contributed by atoms with E-state index in [2.05, 4.69) is 5.43 Å². The molecule has 21 heavy (non-hydrogen) atoms. The van der Waals surface area contributed by atoms with E-state index < -0.39 is 5.82 Å². The van der Waals surface area contributed by atoms with Gasteiger partial charge in [0, 0.05) is 18.4 Å². The van der Waals surface area contributed by atoms with E-state index in [0.29, 0.717) is 5.92 Å². The summed E-state index contributed by atoms with van der Waals surface area (Å²) in [6.45, 7) is 0.762. The van der Waals surface area contributed by atoms with E-state index in [4.69, 9.17) is 22.2 Å². The molecule has 3 N–H and O–H groups in total. The van der Waals surface area contributed by atoms with Gasteiger partial charge in [-0.15, -0.1) is 0 Å². The van der Waals surface area contributed by atoms with E-state index in [1.807, 2.05) is 11.8 Å². The number of rotatable bonds is 3. The van der Waals surface area contributed by atoms with Crippen molar-refractivity contribution in [2.24, 2.45) is 11.8 Å². The number of hydrogen-bond acceptors (Lipinski definition) is 4. The minimum atomic E-state index is -0.396. The fourth-order valence-corrected chi connectivity index (χ4v) is 4.99. The average Bonchev–Trinajstić information content (AvgIpc) is 2.91. The lowest BCUT2D eigenvalue weighted by Gasteiger charge is -2.41. The first-order chi connectivity index (χ1) is 10.1. The molecule has 2 heterocycles. The molecule has 2 saturated heterocycles. The lowest BCUT2D eigenvalue weighted by atomic mass is 9.79. The quantitative estimate of drug-likeness (QED) is 0.659. The van der Waals surface area contributed by atoms with E-state index in [1.165, 1.54) is 6.07 Å². The average molecular weight is 331 g/mol. The Morgan fingerprint density at radius 3 is 3.05 bits per heavy atom. The predicted molar refractivity (Wildman–Crippen MR) is 84.8 cm³/mol. The molecule has 1 aromatic rings. The van der Waals surface area contributed by atoms with Crippen molar-refractivity contribution in [2.75, 3.05) is 18.1 Å². The lowest BCUT2D eigenvalue weighted by molar-refractivity contribution is -0.0854. The Balaban J connectivity index is 1.80. The molecule has 0 aliphatic carbocycles. The zero-order valence-electron chi connectivity index (χ0n) is 11.8. The minimum Gasteiger partial charge on any atom is -0.374 e. The second kappa shape index (κ2) is 6.42. The molecule has 116 valence electrons. The van der Waals surface area contributed by atoms with Crippen LogP contribution in [0.4, 0.5) is 4.39 Å². The van der Waals surface area contributed by atoms with Crippen LogP contribution < -0.4 is 11.3 Å². The van der Waals surface area contributed by atoms with Crippen LogP contribution in [-0.2, 0) is 4.74 Å². The smallest absolute Gasteiger partial charge is 0.141 e. The first-order valence-electron chi connectivity index (χ1n) is 7.26. The Kier molecular flexibility index (Phi) is 4.76. The molecule has 6 heteroatoms. The molecule has 2 aliphatic heterocycles. The van der Waals surface area contributed by atoms with Crippen LogP contribution in [0.3, 0.4) is 0 Å². The minimum absolute atomic E-state index is 0.00646. The van der Waals surface area contributed by atoms with Gasteiger partial charge in [-0.1, -0.05) is 17.7 Å². The SMILES string of the molecule is NNC(c1ccc(F)c(Cl)c1)C1CCOC2(CCSC2)C1. The second-order valence-corrected chi connectivity index (χ2v) is 7.42. The maximum absolute atomic E-state index is 13.3. The number of benzene rings is 1. The number of nitrogens with two attached hydrogens (primary N) is 1. The molecule has 2 aliphatic rings. The highest BCUT2D eigenvalue weighted by atomic mass is 35.5. The summed E-state index contributed by atoms with van der Waals surface area (Å²) in [6.07, 6.45) is 3.05. The van der Waals surface area contributed by atoms with Gasteiger partial charge in [-0.2, -0.15) is 11.8 Å². The van der Waals surface area contributed by atoms with E-state index in [9.17, 15) is 4.39 Å². The summed E-state index contributed by atoms with van der Waals surface area (Å²) in [5.74, 6) is 7.98. The third-order valence-electron chi connectivity index (χ3n) is 4.55. The van der Waals surface area contributed by atoms with Crippen molar-refractivity contribution < 1.29 is 9.13 Å². The number of thioether (sulfide) groups is 1. The zero-order valence-corrected chi connectivity index (χ0v) is 13.4. The normalized spacial score (nSPS) is 30.7. The zero-order chi connectivity index (χ0) is 14.9. The van der Waals surface area contributed by atoms with Gasteiger partial charge in [-0.05, 0) is 48.6 Å². The Morgan fingerprint density at radius 1 is 1.52 bits per heavy atom. The van der Waals surface area contributed by atoms with E-state index in [-0.39, 0.29) is 16.7 Å². The molecular weight excluding hydrogens is 311 g/mol. The molecule has 0 bridgehead atoms. The summed E-state index contributed by atoms with van der Waals surface area (Å²) in [6, 6.07) is 4.82. The van der Waals surface area contributed by atoms with Crippen LogP contribution in [-0.4, -0.2) is 23.7 Å². The van der Waals surface area contributed by atoms with Crippen LogP contribution >= 0.6 is 23.4 Å². The van der Waals surface area contributed by atoms with Crippen molar-refractivity contribution >= 4 is 23.4 Å². The standard InChI is InChI=1S/C15H20ClFN2OS/c16-12-7-10(1-2-13(12)17)14(19-18)11-3-5-20-15(8-11)4-6-21-9-15/h1-2,7,11,14,19H,3-6,8-9,18H2. The van der Waals surface area contributed by atoms with Gasteiger partial charge in [0.1, 0.15) is 5.82 Å². The maximum atomic E-state index is 13.3. The van der Waals surface area contributed by atoms with Gasteiger partial charge < -0.3 is 4.74 Å². The van der Waals surface area contributed by atoms with Crippen molar-refractivity contribution in [3.63, 3.8) is 0 Å². The second-order valence-electron chi connectivity index (χ2n) is 5.90. The predicted octanol–water partition coefficient (Wildman–Crippen LogP) is 3.29. The summed E-state index contributed by atoms with van der Waals surface area (Å²) >= 11 is 7.86.